The average molecular weight is 449 g/mol. The van der Waals surface area contributed by atoms with Crippen molar-refractivity contribution in [2.45, 2.75) is 12.0 Å². The fourth-order valence-corrected chi connectivity index (χ4v) is 3.25. The second kappa shape index (κ2) is 9.78. The maximum absolute atomic E-state index is 13.7. The van der Waals surface area contributed by atoms with Gasteiger partial charge >= 0.3 is 0 Å². The van der Waals surface area contributed by atoms with Crippen molar-refractivity contribution in [3.05, 3.63) is 92.5 Å². The van der Waals surface area contributed by atoms with Crippen LogP contribution < -0.4 is 16.6 Å². The molecule has 7 nitrogen and oxygen atoms in total. The Labute approximate surface area is 181 Å². The Morgan fingerprint density at radius 2 is 2.03 bits per heavy atom. The number of aromatic nitrogens is 2. The predicted molar refractivity (Wildman–Crippen MR) is 112 cm³/mol. The molecule has 1 aromatic carbocycles. The van der Waals surface area contributed by atoms with Crippen LogP contribution in [0.15, 0.2) is 53.6 Å². The van der Waals surface area contributed by atoms with E-state index in [0.29, 0.717) is 11.1 Å². The van der Waals surface area contributed by atoms with E-state index in [1.807, 2.05) is 0 Å². The van der Waals surface area contributed by atoms with Gasteiger partial charge in [0.05, 0.1) is 11.6 Å². The number of pyridine rings is 2. The minimum absolute atomic E-state index is 0.0948. The van der Waals surface area contributed by atoms with Gasteiger partial charge < -0.3 is 20.8 Å². The normalized spacial score (nSPS) is 12.9. The number of hydrogen-bond acceptors (Lipinski definition) is 5. The Hall–Kier alpha value is -3.14. The highest BCUT2D eigenvalue weighted by molar-refractivity contribution is 6.30. The van der Waals surface area contributed by atoms with Crippen molar-refractivity contribution in [2.24, 2.45) is 5.73 Å². The van der Waals surface area contributed by atoms with Gasteiger partial charge in [0.15, 0.2) is 0 Å². The highest BCUT2D eigenvalue weighted by atomic mass is 35.5. The van der Waals surface area contributed by atoms with Gasteiger partial charge in [-0.2, -0.15) is 0 Å². The van der Waals surface area contributed by atoms with Crippen LogP contribution >= 0.6 is 11.6 Å². The summed E-state index contributed by atoms with van der Waals surface area (Å²) in [6.45, 7) is 0.0948. The Morgan fingerprint density at radius 1 is 1.26 bits per heavy atom. The molecule has 0 saturated carbocycles. The van der Waals surface area contributed by atoms with E-state index in [2.05, 4.69) is 15.3 Å². The Bertz CT molecular complexity index is 1160. The quantitative estimate of drug-likeness (QED) is 0.514. The third-order valence-electron chi connectivity index (χ3n) is 4.63. The first-order valence-electron chi connectivity index (χ1n) is 9.14. The molecule has 1 amide bonds. The summed E-state index contributed by atoms with van der Waals surface area (Å²) in [6.07, 6.45) is 2.40. The molecule has 0 aliphatic heterocycles. The zero-order valence-corrected chi connectivity index (χ0v) is 17.1. The average Bonchev–Trinajstić information content (AvgIpc) is 2.75. The lowest BCUT2D eigenvalue weighted by molar-refractivity contribution is -0.117. The molecule has 3 aromatic rings. The van der Waals surface area contributed by atoms with E-state index in [9.17, 15) is 18.4 Å². The molecule has 0 fully saturated rings. The summed E-state index contributed by atoms with van der Waals surface area (Å²) in [5.74, 6) is -2.25. The summed E-state index contributed by atoms with van der Waals surface area (Å²) in [5, 5.41) is 2.43. The number of carbonyl (C=O) groups excluding carboxylic acids is 1. The molecule has 0 aliphatic carbocycles. The van der Waals surface area contributed by atoms with Crippen LogP contribution in [-0.4, -0.2) is 29.6 Å². The van der Waals surface area contributed by atoms with Crippen LogP contribution in [0.5, 0.6) is 0 Å². The summed E-state index contributed by atoms with van der Waals surface area (Å²) in [6, 6.07) is 6.94. The van der Waals surface area contributed by atoms with E-state index in [0.717, 1.165) is 18.3 Å². The van der Waals surface area contributed by atoms with Crippen LogP contribution in [0.3, 0.4) is 0 Å². The summed E-state index contributed by atoms with van der Waals surface area (Å²) in [7, 11) is 1.46. The molecule has 2 heterocycles. The third kappa shape index (κ3) is 5.32. The largest absolute Gasteiger partial charge is 0.384 e. The smallest absolute Gasteiger partial charge is 0.252 e. The Kier molecular flexibility index (Phi) is 7.11. The number of H-pyrrole nitrogens is 1. The van der Waals surface area contributed by atoms with Gasteiger partial charge in [0.1, 0.15) is 23.5 Å². The first kappa shape index (κ1) is 22.5. The highest BCUT2D eigenvalue weighted by Crippen LogP contribution is 2.25. The van der Waals surface area contributed by atoms with Crippen molar-refractivity contribution in [1.29, 1.82) is 0 Å². The van der Waals surface area contributed by atoms with Crippen LogP contribution in [-0.2, 0) is 9.53 Å². The van der Waals surface area contributed by atoms with Crippen LogP contribution in [0.2, 0.25) is 5.02 Å². The standard InChI is InChI=1S/C21H19ClF2N4O3/c1-31-10-15(14-8-13(23)9-27-20(14)29)11-4-5-26-18(7-11)28-21(30)19(25)12-2-3-17(24)16(22)6-12/h2-9,15,19H,10,25H2,1H3,(H,27,29)(H,26,28,30)/t15-,19+/m1/s1. The number of carbonyl (C=O) groups is 1. The SMILES string of the molecule is COC[C@H](c1ccnc(NC(=O)[C@@H](N)c2ccc(F)c(Cl)c2)c1)c1cc(F)c[nH]c1=O. The molecule has 10 heteroatoms. The monoisotopic (exact) mass is 448 g/mol. The van der Waals surface area contributed by atoms with Gasteiger partial charge in [-0.1, -0.05) is 17.7 Å². The number of aromatic amines is 1. The van der Waals surface area contributed by atoms with E-state index in [1.165, 1.54) is 31.5 Å². The van der Waals surface area contributed by atoms with Crippen molar-refractivity contribution in [2.75, 3.05) is 19.0 Å². The van der Waals surface area contributed by atoms with Gasteiger partial charge in [0, 0.05) is 31.0 Å². The van der Waals surface area contributed by atoms with Gasteiger partial charge in [0.25, 0.3) is 5.56 Å². The highest BCUT2D eigenvalue weighted by Gasteiger charge is 2.21. The number of nitrogens with one attached hydrogen (secondary N) is 2. The number of benzene rings is 1. The fraction of sp³-hybridized carbons (Fsp3) is 0.190. The molecule has 0 aliphatic rings. The second-order valence-electron chi connectivity index (χ2n) is 6.73. The number of methoxy groups -OCH3 is 1. The molecule has 0 bridgehead atoms. The number of halogens is 3. The molecule has 0 spiro atoms. The number of anilines is 1. The summed E-state index contributed by atoms with van der Waals surface area (Å²) in [5.41, 5.74) is 6.56. The summed E-state index contributed by atoms with van der Waals surface area (Å²) < 4.78 is 32.2. The van der Waals surface area contributed by atoms with Gasteiger partial charge in [-0.25, -0.2) is 13.8 Å². The zero-order chi connectivity index (χ0) is 22.5. The van der Waals surface area contributed by atoms with Crippen LogP contribution in [0.25, 0.3) is 0 Å². The molecule has 2 atom stereocenters. The summed E-state index contributed by atoms with van der Waals surface area (Å²) in [4.78, 5) is 31.2. The van der Waals surface area contributed by atoms with Crippen LogP contribution in [0, 0.1) is 11.6 Å². The predicted octanol–water partition coefficient (Wildman–Crippen LogP) is 3.12. The molecule has 4 N–H and O–H groups in total. The molecule has 0 unspecified atom stereocenters. The molecular weight excluding hydrogens is 430 g/mol. The topological polar surface area (TPSA) is 110 Å². The number of rotatable bonds is 7. The van der Waals surface area contributed by atoms with E-state index in [-0.39, 0.29) is 23.0 Å². The van der Waals surface area contributed by atoms with E-state index in [1.54, 1.807) is 6.07 Å². The summed E-state index contributed by atoms with van der Waals surface area (Å²) >= 11 is 5.75. The number of ether oxygens (including phenoxy) is 1. The maximum atomic E-state index is 13.7. The number of hydrogen-bond donors (Lipinski definition) is 3. The molecule has 162 valence electrons. The minimum atomic E-state index is -1.12. The Morgan fingerprint density at radius 3 is 2.74 bits per heavy atom. The van der Waals surface area contributed by atoms with Gasteiger partial charge in [-0.05, 0) is 41.5 Å². The lowest BCUT2D eigenvalue weighted by Crippen LogP contribution is -2.28. The van der Waals surface area contributed by atoms with E-state index >= 15 is 0 Å². The molecular formula is C21H19ClF2N4O3. The lowest BCUT2D eigenvalue weighted by Gasteiger charge is -2.18. The fourth-order valence-electron chi connectivity index (χ4n) is 3.06. The number of nitrogens with zero attached hydrogens (tertiary/aromatic N) is 1. The molecule has 0 radical (unpaired) electrons. The van der Waals surface area contributed by atoms with Crippen LogP contribution in [0.4, 0.5) is 14.6 Å². The third-order valence-corrected chi connectivity index (χ3v) is 4.92. The molecule has 2 aromatic heterocycles. The first-order valence-corrected chi connectivity index (χ1v) is 9.52. The van der Waals surface area contributed by atoms with Crippen molar-refractivity contribution < 1.29 is 18.3 Å². The second-order valence-corrected chi connectivity index (χ2v) is 7.13. The van der Waals surface area contributed by atoms with Gasteiger partial charge in [0.2, 0.25) is 5.91 Å². The molecule has 0 saturated heterocycles. The molecule has 3 rings (SSSR count). The van der Waals surface area contributed by atoms with Crippen LogP contribution in [0.1, 0.15) is 28.7 Å². The zero-order valence-electron chi connectivity index (χ0n) is 16.4. The van der Waals surface area contributed by atoms with Gasteiger partial charge in [-0.15, -0.1) is 0 Å². The lowest BCUT2D eigenvalue weighted by atomic mass is 9.93. The Balaban J connectivity index is 1.85. The number of amides is 1. The number of nitrogens with two attached hydrogens (primary N) is 1. The first-order chi connectivity index (χ1) is 14.8. The minimum Gasteiger partial charge on any atom is -0.384 e. The van der Waals surface area contributed by atoms with E-state index < -0.39 is 35.1 Å². The van der Waals surface area contributed by atoms with Crippen molar-refractivity contribution in [3.8, 4) is 0 Å². The molecule has 31 heavy (non-hydrogen) atoms. The van der Waals surface area contributed by atoms with Crippen molar-refractivity contribution in [1.82, 2.24) is 9.97 Å². The van der Waals surface area contributed by atoms with Crippen molar-refractivity contribution >= 4 is 23.3 Å². The maximum Gasteiger partial charge on any atom is 0.252 e. The van der Waals surface area contributed by atoms with E-state index in [4.69, 9.17) is 22.1 Å². The van der Waals surface area contributed by atoms with Gasteiger partial charge in [-0.3, -0.25) is 9.59 Å². The van der Waals surface area contributed by atoms with Crippen molar-refractivity contribution in [3.63, 3.8) is 0 Å².